The second kappa shape index (κ2) is 3.21. The van der Waals surface area contributed by atoms with E-state index in [9.17, 15) is 4.39 Å². The van der Waals surface area contributed by atoms with Crippen LogP contribution >= 0.6 is 20.7 Å². The molecule has 3 heteroatoms. The van der Waals surface area contributed by atoms with Gasteiger partial charge in [-0.25, -0.2) is 4.39 Å². The topological polar surface area (TPSA) is 0 Å². The highest BCUT2D eigenvalue weighted by atomic mass is 33.2. The molecule has 1 heterocycles. The summed E-state index contributed by atoms with van der Waals surface area (Å²) in [6, 6.07) is 7.01. The van der Waals surface area contributed by atoms with Crippen LogP contribution in [-0.4, -0.2) is 5.08 Å². The van der Waals surface area contributed by atoms with Crippen LogP contribution in [0.5, 0.6) is 0 Å². The molecule has 1 aromatic carbocycles. The van der Waals surface area contributed by atoms with Crippen LogP contribution in [0.3, 0.4) is 0 Å². The predicted octanol–water partition coefficient (Wildman–Crippen LogP) is 3.68. The smallest absolute Gasteiger partial charge is 0.123 e. The van der Waals surface area contributed by atoms with Gasteiger partial charge in [-0.2, -0.15) is 9.93 Å². The monoisotopic (exact) mass is 216 g/mol. The van der Waals surface area contributed by atoms with Crippen molar-refractivity contribution in [2.24, 2.45) is 0 Å². The first-order chi connectivity index (χ1) is 6.10. The average Bonchev–Trinajstić information content (AvgIpc) is 2.86. The Balaban J connectivity index is 2.33. The van der Waals surface area contributed by atoms with Gasteiger partial charge in [0.05, 0.1) is 0 Å². The van der Waals surface area contributed by atoms with Gasteiger partial charge in [0.2, 0.25) is 0 Å². The summed E-state index contributed by atoms with van der Waals surface area (Å²) in [7, 11) is 2.09. The SMILES string of the molecule is CC(C)(c1cccc(F)c1)[SH]1CS1. The Kier molecular flexibility index (Phi) is 2.32. The van der Waals surface area contributed by atoms with Crippen LogP contribution in [0.15, 0.2) is 24.3 Å². The second-order valence-corrected chi connectivity index (χ2v) is 8.97. The molecule has 0 nitrogen and oxygen atoms in total. The van der Waals surface area contributed by atoms with Crippen LogP contribution in [0, 0.1) is 5.82 Å². The van der Waals surface area contributed by atoms with E-state index in [4.69, 9.17) is 0 Å². The Morgan fingerprint density at radius 2 is 2.15 bits per heavy atom. The predicted molar refractivity (Wildman–Crippen MR) is 60.9 cm³/mol. The summed E-state index contributed by atoms with van der Waals surface area (Å²) >= 11 is 0. The van der Waals surface area contributed by atoms with E-state index in [-0.39, 0.29) is 20.5 Å². The lowest BCUT2D eigenvalue weighted by molar-refractivity contribution is 0.621. The molecule has 1 saturated heterocycles. The highest BCUT2D eigenvalue weighted by molar-refractivity contribution is 9.00. The molecule has 0 aromatic heterocycles. The van der Waals surface area contributed by atoms with E-state index in [1.165, 1.54) is 11.2 Å². The van der Waals surface area contributed by atoms with Crippen molar-refractivity contribution >= 4 is 20.7 Å². The lowest BCUT2D eigenvalue weighted by atomic mass is 10.0. The Morgan fingerprint density at radius 3 is 2.69 bits per heavy atom. The van der Waals surface area contributed by atoms with Gasteiger partial charge in [0, 0.05) is 9.83 Å². The van der Waals surface area contributed by atoms with E-state index in [1.807, 2.05) is 16.9 Å². The minimum absolute atomic E-state index is 0.0676. The molecule has 2 rings (SSSR count). The molecule has 0 saturated carbocycles. The van der Waals surface area contributed by atoms with Crippen molar-refractivity contribution in [3.05, 3.63) is 35.6 Å². The fourth-order valence-electron chi connectivity index (χ4n) is 1.36. The Hall–Kier alpha value is -0.150. The zero-order valence-electron chi connectivity index (χ0n) is 7.75. The van der Waals surface area contributed by atoms with Crippen molar-refractivity contribution < 1.29 is 4.39 Å². The van der Waals surface area contributed by atoms with Crippen LogP contribution in [0.4, 0.5) is 4.39 Å². The number of thiol groups is 1. The third-order valence-corrected chi connectivity index (χ3v) is 7.35. The maximum absolute atomic E-state index is 13.0. The molecule has 1 unspecified atom stereocenters. The summed E-state index contributed by atoms with van der Waals surface area (Å²) in [6.45, 7) is 4.43. The molecule has 0 radical (unpaired) electrons. The third kappa shape index (κ3) is 1.86. The minimum Gasteiger partial charge on any atom is -0.207 e. The summed E-state index contributed by atoms with van der Waals surface area (Å²) in [5, 5.41) is 1.28. The highest BCUT2D eigenvalue weighted by Gasteiger charge is 2.36. The quantitative estimate of drug-likeness (QED) is 0.447. The molecule has 1 aliphatic heterocycles. The van der Waals surface area contributed by atoms with Crippen molar-refractivity contribution in [1.82, 2.24) is 0 Å². The van der Waals surface area contributed by atoms with Crippen LogP contribution in [0.2, 0.25) is 0 Å². The van der Waals surface area contributed by atoms with Crippen LogP contribution in [-0.2, 0) is 4.75 Å². The standard InChI is InChI=1S/C10H13FS2/c1-10(2,13-7-12-13)8-4-3-5-9(11)6-8/h3-6,13H,7H2,1-2H3. The average molecular weight is 216 g/mol. The summed E-state index contributed by atoms with van der Waals surface area (Å²) in [5.41, 5.74) is 1.14. The Bertz CT molecular complexity index is 318. The van der Waals surface area contributed by atoms with Crippen molar-refractivity contribution in [2.75, 3.05) is 5.08 Å². The van der Waals surface area contributed by atoms with Gasteiger partial charge in [-0.1, -0.05) is 12.1 Å². The molecule has 0 bridgehead atoms. The maximum Gasteiger partial charge on any atom is 0.123 e. The first kappa shape index (κ1) is 9.41. The highest BCUT2D eigenvalue weighted by Crippen LogP contribution is 2.71. The molecule has 0 amide bonds. The summed E-state index contributed by atoms with van der Waals surface area (Å²) in [5.74, 6) is -0.118. The van der Waals surface area contributed by atoms with Gasteiger partial charge in [0.15, 0.2) is 0 Å². The molecule has 0 aliphatic carbocycles. The molecule has 1 fully saturated rings. The largest absolute Gasteiger partial charge is 0.207 e. The molecular weight excluding hydrogens is 203 g/mol. The first-order valence-corrected chi connectivity index (χ1v) is 7.39. The van der Waals surface area contributed by atoms with E-state index in [0.29, 0.717) is 0 Å². The van der Waals surface area contributed by atoms with Crippen LogP contribution in [0.1, 0.15) is 19.4 Å². The van der Waals surface area contributed by atoms with Crippen molar-refractivity contribution in [3.63, 3.8) is 0 Å². The maximum atomic E-state index is 13.0. The number of hydrogen-bond donors (Lipinski definition) is 1. The van der Waals surface area contributed by atoms with Gasteiger partial charge in [-0.15, -0.1) is 10.8 Å². The van der Waals surface area contributed by atoms with E-state index in [0.717, 1.165) is 5.56 Å². The molecule has 0 N–H and O–H groups in total. The van der Waals surface area contributed by atoms with E-state index >= 15 is 0 Å². The third-order valence-electron chi connectivity index (χ3n) is 2.41. The van der Waals surface area contributed by atoms with Crippen molar-refractivity contribution in [1.29, 1.82) is 0 Å². The van der Waals surface area contributed by atoms with E-state index < -0.39 is 0 Å². The number of rotatable bonds is 2. The zero-order valence-corrected chi connectivity index (χ0v) is 9.46. The number of halogens is 1. The van der Waals surface area contributed by atoms with Gasteiger partial charge in [-0.05, 0) is 31.5 Å². The number of hydrogen-bond acceptors (Lipinski definition) is 1. The minimum atomic E-state index is -0.118. The molecule has 1 atom stereocenters. The van der Waals surface area contributed by atoms with Crippen LogP contribution < -0.4 is 0 Å². The molecule has 72 valence electrons. The normalized spacial score (nSPS) is 24.4. The lowest BCUT2D eigenvalue weighted by Gasteiger charge is -2.25. The fraction of sp³-hybridized carbons (Fsp3) is 0.400. The van der Waals surface area contributed by atoms with Gasteiger partial charge in [0.1, 0.15) is 5.82 Å². The van der Waals surface area contributed by atoms with Crippen molar-refractivity contribution in [3.8, 4) is 0 Å². The number of benzene rings is 1. The fourth-order valence-corrected chi connectivity index (χ4v) is 5.44. The van der Waals surface area contributed by atoms with E-state index in [1.54, 1.807) is 12.1 Å². The molecule has 0 spiro atoms. The molecule has 13 heavy (non-hydrogen) atoms. The Labute approximate surface area is 84.7 Å². The summed E-state index contributed by atoms with van der Waals surface area (Å²) in [4.78, 5) is 0. The molecular formula is C10H13FS2. The van der Waals surface area contributed by atoms with Gasteiger partial charge < -0.3 is 0 Å². The first-order valence-electron chi connectivity index (χ1n) is 4.27. The summed E-state index contributed by atoms with van der Waals surface area (Å²) in [6.07, 6.45) is 0. The zero-order chi connectivity index (χ0) is 9.47. The molecule has 1 aliphatic rings. The van der Waals surface area contributed by atoms with Gasteiger partial charge >= 0.3 is 0 Å². The van der Waals surface area contributed by atoms with Crippen molar-refractivity contribution in [2.45, 2.75) is 18.6 Å². The summed E-state index contributed by atoms with van der Waals surface area (Å²) < 4.78 is 13.2. The second-order valence-electron chi connectivity index (χ2n) is 3.71. The van der Waals surface area contributed by atoms with Gasteiger partial charge in [-0.3, -0.25) is 0 Å². The van der Waals surface area contributed by atoms with E-state index in [2.05, 4.69) is 13.8 Å². The molecule has 1 aromatic rings. The Morgan fingerprint density at radius 1 is 1.46 bits per heavy atom. The lowest BCUT2D eigenvalue weighted by Crippen LogP contribution is -2.11. The van der Waals surface area contributed by atoms with Crippen LogP contribution in [0.25, 0.3) is 0 Å². The van der Waals surface area contributed by atoms with Gasteiger partial charge in [0.25, 0.3) is 0 Å².